The van der Waals surface area contributed by atoms with Crippen molar-refractivity contribution in [2.45, 2.75) is 33.3 Å². The Balaban J connectivity index is 1.65. The molecular weight excluding hydrogens is 362 g/mol. The zero-order chi connectivity index (χ0) is 20.3. The minimum atomic E-state index is -0.956. The second kappa shape index (κ2) is 8.03. The normalized spacial score (nSPS) is 11.9. The molecule has 28 heavy (non-hydrogen) atoms. The second-order valence-electron chi connectivity index (χ2n) is 6.26. The van der Waals surface area contributed by atoms with Gasteiger partial charge in [0, 0.05) is 28.7 Å². The van der Waals surface area contributed by atoms with Gasteiger partial charge in [-0.1, -0.05) is 6.07 Å². The molecule has 0 saturated heterocycles. The number of benzene rings is 1. The molecule has 0 spiro atoms. The molecule has 0 unspecified atom stereocenters. The number of carbonyl (C=O) groups excluding carboxylic acids is 2. The van der Waals surface area contributed by atoms with Crippen LogP contribution in [0.15, 0.2) is 30.6 Å². The number of amides is 1. The Morgan fingerprint density at radius 2 is 2.07 bits per heavy atom. The number of methoxy groups -OCH3 is 1. The number of nitrogens with one attached hydrogen (secondary N) is 1. The van der Waals surface area contributed by atoms with Crippen molar-refractivity contribution >= 4 is 23.3 Å². The fourth-order valence-electron chi connectivity index (χ4n) is 2.79. The minimum absolute atomic E-state index is 0.0166. The third-order valence-electron chi connectivity index (χ3n) is 4.32. The van der Waals surface area contributed by atoms with E-state index in [0.29, 0.717) is 28.5 Å². The Bertz CT molecular complexity index is 1030. The monoisotopic (exact) mass is 383 g/mol. The zero-order valence-electron chi connectivity index (χ0n) is 16.1. The maximum atomic E-state index is 12.4. The topological polar surface area (TPSA) is 108 Å². The highest BCUT2D eigenvalue weighted by atomic mass is 16.5. The lowest BCUT2D eigenvalue weighted by Gasteiger charge is -2.15. The lowest BCUT2D eigenvalue weighted by molar-refractivity contribution is -0.152. The molecule has 1 aromatic carbocycles. The molecule has 2 heterocycles. The van der Waals surface area contributed by atoms with E-state index in [4.69, 9.17) is 9.47 Å². The van der Waals surface area contributed by atoms with Crippen LogP contribution in [-0.4, -0.2) is 44.7 Å². The van der Waals surface area contributed by atoms with Crippen molar-refractivity contribution in [1.29, 1.82) is 0 Å². The fraction of sp³-hybridized carbons (Fsp3) is 0.316. The van der Waals surface area contributed by atoms with Gasteiger partial charge in [0.25, 0.3) is 11.7 Å². The van der Waals surface area contributed by atoms with Crippen LogP contribution in [0.1, 0.15) is 23.9 Å². The summed E-state index contributed by atoms with van der Waals surface area (Å²) in [5.74, 6) is 0.128. The average molecular weight is 383 g/mol. The number of fused-ring (bicyclic) bond motifs is 1. The Labute approximate surface area is 161 Å². The number of hydrogen-bond donors (Lipinski definition) is 1. The van der Waals surface area contributed by atoms with E-state index in [-0.39, 0.29) is 6.42 Å². The lowest BCUT2D eigenvalue weighted by Crippen LogP contribution is -2.30. The molecule has 2 aromatic heterocycles. The number of esters is 1. The van der Waals surface area contributed by atoms with Crippen LogP contribution in [0.5, 0.6) is 5.75 Å². The van der Waals surface area contributed by atoms with Crippen molar-refractivity contribution < 1.29 is 19.1 Å². The number of anilines is 1. The van der Waals surface area contributed by atoms with Crippen LogP contribution in [0.3, 0.4) is 0 Å². The first-order valence-corrected chi connectivity index (χ1v) is 8.69. The van der Waals surface area contributed by atoms with Crippen molar-refractivity contribution in [3.8, 4) is 5.75 Å². The molecule has 1 amide bonds. The molecule has 9 heteroatoms. The second-order valence-corrected chi connectivity index (χ2v) is 6.26. The van der Waals surface area contributed by atoms with E-state index in [1.54, 1.807) is 42.8 Å². The maximum Gasteiger partial charge on any atom is 0.311 e. The highest BCUT2D eigenvalue weighted by molar-refractivity contribution is 5.95. The molecule has 3 aromatic rings. The molecule has 0 bridgehead atoms. The summed E-state index contributed by atoms with van der Waals surface area (Å²) in [6.07, 6.45) is 0.432. The van der Waals surface area contributed by atoms with E-state index in [1.165, 1.54) is 13.3 Å². The third kappa shape index (κ3) is 4.08. The lowest BCUT2D eigenvalue weighted by atomic mass is 10.1. The fourth-order valence-corrected chi connectivity index (χ4v) is 2.79. The summed E-state index contributed by atoms with van der Waals surface area (Å²) in [4.78, 5) is 33.0. The molecule has 1 N–H and O–H groups in total. The highest BCUT2D eigenvalue weighted by Gasteiger charge is 2.21. The van der Waals surface area contributed by atoms with Gasteiger partial charge in [-0.15, -0.1) is 0 Å². The van der Waals surface area contributed by atoms with Crippen LogP contribution in [0.25, 0.3) is 5.78 Å². The first-order valence-electron chi connectivity index (χ1n) is 8.69. The molecule has 0 saturated carbocycles. The largest absolute Gasteiger partial charge is 0.497 e. The number of aryl methyl sites for hydroxylation is 2. The SMILES string of the molecule is COc1cccc(NC(=O)[C@H](C)OC(=O)Cc2c(C)nc3ncnn3c2C)c1. The quantitative estimate of drug-likeness (QED) is 0.647. The predicted octanol–water partition coefficient (Wildman–Crippen LogP) is 1.86. The molecule has 3 rings (SSSR count). The molecule has 9 nitrogen and oxygen atoms in total. The van der Waals surface area contributed by atoms with Crippen LogP contribution in [0, 0.1) is 13.8 Å². The van der Waals surface area contributed by atoms with Gasteiger partial charge in [0.1, 0.15) is 12.1 Å². The molecular formula is C19H21N5O4. The number of nitrogens with zero attached hydrogens (tertiary/aromatic N) is 4. The molecule has 146 valence electrons. The van der Waals surface area contributed by atoms with Crippen molar-refractivity contribution in [2.75, 3.05) is 12.4 Å². The third-order valence-corrected chi connectivity index (χ3v) is 4.32. The number of aromatic nitrogens is 4. The maximum absolute atomic E-state index is 12.4. The van der Waals surface area contributed by atoms with E-state index >= 15 is 0 Å². The average Bonchev–Trinajstić information content (AvgIpc) is 3.13. The summed E-state index contributed by atoms with van der Waals surface area (Å²) < 4.78 is 12.0. The molecule has 0 radical (unpaired) electrons. The van der Waals surface area contributed by atoms with Gasteiger partial charge >= 0.3 is 5.97 Å². The van der Waals surface area contributed by atoms with Crippen molar-refractivity contribution in [2.24, 2.45) is 0 Å². The molecule has 0 fully saturated rings. The van der Waals surface area contributed by atoms with Gasteiger partial charge in [0.2, 0.25) is 0 Å². The summed E-state index contributed by atoms with van der Waals surface area (Å²) in [6.45, 7) is 5.15. The first-order chi connectivity index (χ1) is 13.4. The van der Waals surface area contributed by atoms with Crippen LogP contribution < -0.4 is 10.1 Å². The van der Waals surface area contributed by atoms with E-state index in [1.807, 2.05) is 6.92 Å². The molecule has 0 aliphatic rings. The van der Waals surface area contributed by atoms with Gasteiger partial charge in [0.05, 0.1) is 13.5 Å². The minimum Gasteiger partial charge on any atom is -0.497 e. The van der Waals surface area contributed by atoms with Crippen molar-refractivity contribution in [1.82, 2.24) is 19.6 Å². The van der Waals surface area contributed by atoms with Crippen molar-refractivity contribution in [3.63, 3.8) is 0 Å². The Morgan fingerprint density at radius 3 is 2.82 bits per heavy atom. The van der Waals surface area contributed by atoms with E-state index in [2.05, 4.69) is 20.4 Å². The molecule has 0 aliphatic heterocycles. The van der Waals surface area contributed by atoms with E-state index in [0.717, 1.165) is 5.69 Å². The van der Waals surface area contributed by atoms with Gasteiger partial charge in [0.15, 0.2) is 6.10 Å². The van der Waals surface area contributed by atoms with Gasteiger partial charge in [-0.05, 0) is 32.9 Å². The Kier molecular flexibility index (Phi) is 5.53. The number of carbonyl (C=O) groups is 2. The number of ether oxygens (including phenoxy) is 2. The first kappa shape index (κ1) is 19.3. The zero-order valence-corrected chi connectivity index (χ0v) is 16.1. The van der Waals surface area contributed by atoms with Crippen LogP contribution >= 0.6 is 0 Å². The van der Waals surface area contributed by atoms with Crippen LogP contribution in [-0.2, 0) is 20.7 Å². The van der Waals surface area contributed by atoms with Gasteiger partial charge < -0.3 is 14.8 Å². The van der Waals surface area contributed by atoms with E-state index < -0.39 is 18.0 Å². The van der Waals surface area contributed by atoms with E-state index in [9.17, 15) is 9.59 Å². The molecule has 1 atom stereocenters. The summed E-state index contributed by atoms with van der Waals surface area (Å²) in [5, 5.41) is 6.79. The van der Waals surface area contributed by atoms with Crippen LogP contribution in [0.2, 0.25) is 0 Å². The summed E-state index contributed by atoms with van der Waals surface area (Å²) in [6, 6.07) is 6.92. The van der Waals surface area contributed by atoms with Gasteiger partial charge in [-0.3, -0.25) is 9.59 Å². The summed E-state index contributed by atoms with van der Waals surface area (Å²) in [7, 11) is 1.54. The molecule has 0 aliphatic carbocycles. The highest BCUT2D eigenvalue weighted by Crippen LogP contribution is 2.18. The number of hydrogen-bond acceptors (Lipinski definition) is 7. The van der Waals surface area contributed by atoms with Gasteiger partial charge in [-0.2, -0.15) is 10.1 Å². The van der Waals surface area contributed by atoms with Crippen molar-refractivity contribution in [3.05, 3.63) is 47.5 Å². The smallest absolute Gasteiger partial charge is 0.311 e. The van der Waals surface area contributed by atoms with Crippen LogP contribution in [0.4, 0.5) is 5.69 Å². The standard InChI is InChI=1S/C19H21N5O4/c1-11-16(12(2)24-19(22-11)20-10-21-24)9-17(25)28-13(3)18(26)23-14-6-5-7-15(8-14)27-4/h5-8,10,13H,9H2,1-4H3,(H,23,26)/t13-/m0/s1. The summed E-state index contributed by atoms with van der Waals surface area (Å²) in [5.41, 5.74) is 2.68. The van der Waals surface area contributed by atoms with Gasteiger partial charge in [-0.25, -0.2) is 9.50 Å². The number of rotatable bonds is 6. The Hall–Kier alpha value is -3.49. The Morgan fingerprint density at radius 1 is 1.29 bits per heavy atom. The summed E-state index contributed by atoms with van der Waals surface area (Å²) >= 11 is 0. The predicted molar refractivity (Wildman–Crippen MR) is 101 cm³/mol.